The zero-order valence-corrected chi connectivity index (χ0v) is 19.5. The van der Waals surface area contributed by atoms with E-state index in [-0.39, 0.29) is 23.9 Å². The van der Waals surface area contributed by atoms with E-state index in [0.29, 0.717) is 26.7 Å². The monoisotopic (exact) mass is 464 g/mol. The number of esters is 3. The van der Waals surface area contributed by atoms with Crippen molar-refractivity contribution in [2.45, 2.75) is 27.7 Å². The maximum Gasteiger partial charge on any atom is 0.348 e. The Balaban J connectivity index is 2.33. The zero-order valence-electron chi connectivity index (χ0n) is 17.9. The van der Waals surface area contributed by atoms with Gasteiger partial charge in [-0.2, -0.15) is 0 Å². The number of carbonyl (C=O) groups is 3. The van der Waals surface area contributed by atoms with E-state index >= 15 is 0 Å². The first-order valence-electron chi connectivity index (χ1n) is 9.47. The first-order chi connectivity index (χ1) is 14.7. The molecule has 0 saturated carbocycles. The summed E-state index contributed by atoms with van der Waals surface area (Å²) in [6, 6.07) is 5.02. The van der Waals surface area contributed by atoms with Gasteiger partial charge >= 0.3 is 17.9 Å². The normalized spacial score (nSPS) is 10.2. The van der Waals surface area contributed by atoms with E-state index in [1.165, 1.54) is 7.11 Å². The Bertz CT molecular complexity index is 1020. The molecule has 8 nitrogen and oxygen atoms in total. The average Bonchev–Trinajstić information content (AvgIpc) is 3.05. The number of aryl methyl sites for hydroxylation is 1. The minimum Gasteiger partial charge on any atom is -0.465 e. The number of ether oxygens (including phenoxy) is 3. The number of methoxy groups -OCH3 is 1. The summed E-state index contributed by atoms with van der Waals surface area (Å²) in [4.78, 5) is 36.9. The van der Waals surface area contributed by atoms with Crippen molar-refractivity contribution >= 4 is 57.3 Å². The molecule has 0 aliphatic heterocycles. The lowest BCUT2D eigenvalue weighted by molar-refractivity contribution is 0.0526. The van der Waals surface area contributed by atoms with Crippen molar-refractivity contribution in [2.24, 2.45) is 0 Å². The Morgan fingerprint density at radius 3 is 2.26 bits per heavy atom. The highest BCUT2D eigenvalue weighted by atomic mass is 32.1. The van der Waals surface area contributed by atoms with Crippen LogP contribution in [-0.2, 0) is 14.2 Å². The van der Waals surface area contributed by atoms with Gasteiger partial charge in [-0.15, -0.1) is 11.3 Å². The Labute approximate surface area is 189 Å². The minimum atomic E-state index is -0.569. The molecule has 0 radical (unpaired) electrons. The van der Waals surface area contributed by atoms with Gasteiger partial charge in [0, 0.05) is 5.69 Å². The molecular formula is C21H24N2O6S2. The molecule has 0 aliphatic carbocycles. The minimum absolute atomic E-state index is 0.173. The Morgan fingerprint density at radius 2 is 1.65 bits per heavy atom. The van der Waals surface area contributed by atoms with Gasteiger partial charge in [-0.25, -0.2) is 14.4 Å². The van der Waals surface area contributed by atoms with Crippen LogP contribution in [0, 0.1) is 13.8 Å². The SMILES string of the molecule is CCOC(=O)c1sc(NC(=S)Nc2cc(C(=O)OC)ccc2C)c(C(=O)OCC)c1C. The lowest BCUT2D eigenvalue weighted by Gasteiger charge is -2.13. The second-order valence-electron chi connectivity index (χ2n) is 6.30. The number of rotatable bonds is 7. The van der Waals surface area contributed by atoms with Gasteiger partial charge < -0.3 is 24.8 Å². The molecule has 31 heavy (non-hydrogen) atoms. The molecule has 166 valence electrons. The van der Waals surface area contributed by atoms with Gasteiger partial charge in [-0.05, 0) is 63.2 Å². The third kappa shape index (κ3) is 5.80. The summed E-state index contributed by atoms with van der Waals surface area (Å²) in [7, 11) is 1.30. The van der Waals surface area contributed by atoms with E-state index < -0.39 is 17.9 Å². The second-order valence-corrected chi connectivity index (χ2v) is 7.73. The molecule has 2 rings (SSSR count). The van der Waals surface area contributed by atoms with Crippen molar-refractivity contribution in [1.29, 1.82) is 0 Å². The van der Waals surface area contributed by atoms with Crippen LogP contribution in [-0.4, -0.2) is 43.3 Å². The number of benzene rings is 1. The molecule has 0 fully saturated rings. The standard InChI is InChI=1S/C21H24N2O6S2/c1-6-28-19(25)15-12(4)16(20(26)29-7-2)31-17(15)23-21(30)22-14-10-13(18(24)27-5)9-8-11(14)3/h8-10H,6-7H2,1-5H3,(H2,22,23,30). The van der Waals surface area contributed by atoms with Crippen molar-refractivity contribution in [3.63, 3.8) is 0 Å². The molecular weight excluding hydrogens is 440 g/mol. The fraction of sp³-hybridized carbons (Fsp3) is 0.333. The van der Waals surface area contributed by atoms with Gasteiger partial charge in [-0.1, -0.05) is 6.07 Å². The highest BCUT2D eigenvalue weighted by molar-refractivity contribution is 7.80. The maximum atomic E-state index is 12.5. The Hall–Kier alpha value is -2.98. The molecule has 10 heteroatoms. The van der Waals surface area contributed by atoms with E-state index in [1.807, 2.05) is 6.92 Å². The number of carbonyl (C=O) groups excluding carboxylic acids is 3. The Kier molecular flexibility index (Phi) is 8.52. The predicted octanol–water partition coefficient (Wildman–Crippen LogP) is 4.31. The summed E-state index contributed by atoms with van der Waals surface area (Å²) in [5.41, 5.74) is 2.48. The van der Waals surface area contributed by atoms with Crippen LogP contribution in [0.3, 0.4) is 0 Å². The summed E-state index contributed by atoms with van der Waals surface area (Å²) in [6.45, 7) is 7.30. The van der Waals surface area contributed by atoms with Crippen LogP contribution >= 0.6 is 23.6 Å². The quantitative estimate of drug-likeness (QED) is 0.352. The first-order valence-corrected chi connectivity index (χ1v) is 10.7. The van der Waals surface area contributed by atoms with E-state index in [0.717, 1.165) is 16.9 Å². The summed E-state index contributed by atoms with van der Waals surface area (Å²) in [6.07, 6.45) is 0. The number of thiophene rings is 1. The van der Waals surface area contributed by atoms with Gasteiger partial charge in [0.05, 0.1) is 31.5 Å². The van der Waals surface area contributed by atoms with Gasteiger partial charge in [0.15, 0.2) is 5.11 Å². The molecule has 0 aliphatic rings. The van der Waals surface area contributed by atoms with Crippen LogP contribution in [0.2, 0.25) is 0 Å². The van der Waals surface area contributed by atoms with Crippen molar-refractivity contribution in [1.82, 2.24) is 0 Å². The molecule has 1 heterocycles. The molecule has 2 aromatic rings. The molecule has 0 bridgehead atoms. The second kappa shape index (κ2) is 10.9. The van der Waals surface area contributed by atoms with Crippen LogP contribution in [0.15, 0.2) is 18.2 Å². The molecule has 0 unspecified atom stereocenters. The van der Waals surface area contributed by atoms with Crippen LogP contribution in [0.25, 0.3) is 0 Å². The molecule has 0 spiro atoms. The summed E-state index contributed by atoms with van der Waals surface area (Å²) < 4.78 is 15.0. The lowest BCUT2D eigenvalue weighted by Crippen LogP contribution is -2.21. The van der Waals surface area contributed by atoms with E-state index in [4.69, 9.17) is 26.4 Å². The fourth-order valence-corrected chi connectivity index (χ4v) is 4.07. The van der Waals surface area contributed by atoms with Crippen molar-refractivity contribution in [3.05, 3.63) is 45.3 Å². The van der Waals surface area contributed by atoms with E-state index in [1.54, 1.807) is 39.0 Å². The van der Waals surface area contributed by atoms with Crippen molar-refractivity contribution in [2.75, 3.05) is 31.0 Å². The maximum absolute atomic E-state index is 12.5. The number of hydrogen-bond acceptors (Lipinski definition) is 8. The largest absolute Gasteiger partial charge is 0.465 e. The summed E-state index contributed by atoms with van der Waals surface area (Å²) in [5, 5.41) is 6.50. The van der Waals surface area contributed by atoms with Crippen LogP contribution < -0.4 is 10.6 Å². The van der Waals surface area contributed by atoms with Crippen LogP contribution in [0.1, 0.15) is 55.4 Å². The fourth-order valence-electron chi connectivity index (χ4n) is 2.70. The predicted molar refractivity (Wildman–Crippen MR) is 123 cm³/mol. The summed E-state index contributed by atoms with van der Waals surface area (Å²) >= 11 is 6.45. The van der Waals surface area contributed by atoms with Gasteiger partial charge in [-0.3, -0.25) is 0 Å². The van der Waals surface area contributed by atoms with Gasteiger partial charge in [0.1, 0.15) is 9.88 Å². The smallest absolute Gasteiger partial charge is 0.348 e. The lowest BCUT2D eigenvalue weighted by atomic mass is 10.1. The molecule has 1 aromatic heterocycles. The highest BCUT2D eigenvalue weighted by Gasteiger charge is 2.27. The van der Waals surface area contributed by atoms with Crippen molar-refractivity contribution in [3.8, 4) is 0 Å². The van der Waals surface area contributed by atoms with Crippen LogP contribution in [0.4, 0.5) is 10.7 Å². The van der Waals surface area contributed by atoms with Gasteiger partial charge in [0.25, 0.3) is 0 Å². The van der Waals surface area contributed by atoms with Crippen LogP contribution in [0.5, 0.6) is 0 Å². The number of anilines is 2. The van der Waals surface area contributed by atoms with Crippen molar-refractivity contribution < 1.29 is 28.6 Å². The molecule has 0 atom stereocenters. The molecule has 0 amide bonds. The highest BCUT2D eigenvalue weighted by Crippen LogP contribution is 2.34. The Morgan fingerprint density at radius 1 is 1.00 bits per heavy atom. The van der Waals surface area contributed by atoms with Gasteiger partial charge in [0.2, 0.25) is 0 Å². The molecule has 0 saturated heterocycles. The molecule has 1 aromatic carbocycles. The topological polar surface area (TPSA) is 103 Å². The third-order valence-electron chi connectivity index (χ3n) is 4.22. The summed E-state index contributed by atoms with van der Waals surface area (Å²) in [5.74, 6) is -1.57. The number of thiocarbonyl (C=S) groups is 1. The van der Waals surface area contributed by atoms with E-state index in [9.17, 15) is 14.4 Å². The molecule has 2 N–H and O–H groups in total. The first kappa shape index (κ1) is 24.3. The zero-order chi connectivity index (χ0) is 23.1. The third-order valence-corrected chi connectivity index (χ3v) is 5.61. The average molecular weight is 465 g/mol. The van der Waals surface area contributed by atoms with E-state index in [2.05, 4.69) is 10.6 Å². The number of nitrogens with one attached hydrogen (secondary N) is 2. The number of hydrogen-bond donors (Lipinski definition) is 2.